The molecule has 1 aromatic carbocycles. The first-order valence-corrected chi connectivity index (χ1v) is 10.7. The van der Waals surface area contributed by atoms with Crippen molar-refractivity contribution in [1.29, 1.82) is 0 Å². The molecule has 2 aliphatic heterocycles. The monoisotopic (exact) mass is 383 g/mol. The van der Waals surface area contributed by atoms with Crippen molar-refractivity contribution in [3.8, 4) is 5.75 Å². The maximum atomic E-state index is 6.15. The van der Waals surface area contributed by atoms with E-state index in [1.54, 1.807) is 0 Å². The van der Waals surface area contributed by atoms with E-state index in [2.05, 4.69) is 43.1 Å². The number of benzene rings is 1. The van der Waals surface area contributed by atoms with Crippen LogP contribution in [0.4, 0.5) is 5.82 Å². The number of nitrogens with one attached hydrogen (secondary N) is 1. The fourth-order valence-electron chi connectivity index (χ4n) is 4.73. The van der Waals surface area contributed by atoms with Crippen LogP contribution < -0.4 is 10.1 Å². The fourth-order valence-corrected chi connectivity index (χ4v) is 4.73. The molecule has 1 N–H and O–H groups in total. The molecule has 0 bridgehead atoms. The van der Waals surface area contributed by atoms with Crippen LogP contribution in [0.1, 0.15) is 55.9 Å². The average molecular weight is 384 g/mol. The molecule has 0 radical (unpaired) electrons. The number of hydrogen-bond acceptors (Lipinski definition) is 5. The summed E-state index contributed by atoms with van der Waals surface area (Å²) in [5.41, 5.74) is 4.71. The van der Waals surface area contributed by atoms with Crippen molar-refractivity contribution in [3.05, 3.63) is 28.8 Å². The Kier molecular flexibility index (Phi) is 5.74. The van der Waals surface area contributed by atoms with Gasteiger partial charge < -0.3 is 19.7 Å². The lowest BCUT2D eigenvalue weighted by Crippen LogP contribution is -2.24. The largest absolute Gasteiger partial charge is 0.493 e. The van der Waals surface area contributed by atoms with Gasteiger partial charge in [0.25, 0.3) is 0 Å². The number of aromatic nitrogens is 1. The molecule has 0 aliphatic carbocycles. The molecule has 2 aliphatic rings. The molecule has 3 heterocycles. The molecule has 4 rings (SSSR count). The second-order valence-corrected chi connectivity index (χ2v) is 8.28. The summed E-state index contributed by atoms with van der Waals surface area (Å²) in [5.74, 6) is 1.91. The number of nitrogens with zero attached hydrogens (tertiary/aromatic N) is 2. The van der Waals surface area contributed by atoms with E-state index in [1.807, 2.05) is 7.05 Å². The second kappa shape index (κ2) is 8.26. The van der Waals surface area contributed by atoms with Crippen molar-refractivity contribution in [3.63, 3.8) is 0 Å². The number of likely N-dealkylation sites (tertiary alicyclic amines) is 1. The average Bonchev–Trinajstić information content (AvgIpc) is 3.18. The van der Waals surface area contributed by atoms with E-state index < -0.39 is 0 Å². The maximum Gasteiger partial charge on any atom is 0.130 e. The van der Waals surface area contributed by atoms with Gasteiger partial charge in [0.2, 0.25) is 0 Å². The number of anilines is 1. The fraction of sp³-hybridized carbons (Fsp3) is 0.609. The normalized spacial score (nSPS) is 22.4. The lowest BCUT2D eigenvalue weighted by molar-refractivity contribution is -0.00362. The van der Waals surface area contributed by atoms with Gasteiger partial charge in [-0.2, -0.15) is 0 Å². The van der Waals surface area contributed by atoms with Gasteiger partial charge in [0.1, 0.15) is 11.6 Å². The summed E-state index contributed by atoms with van der Waals surface area (Å²) in [6.45, 7) is 10.8. The van der Waals surface area contributed by atoms with Gasteiger partial charge in [-0.15, -0.1) is 0 Å². The minimum Gasteiger partial charge on any atom is -0.493 e. The van der Waals surface area contributed by atoms with Gasteiger partial charge in [0.15, 0.2) is 0 Å². The zero-order valence-corrected chi connectivity index (χ0v) is 17.7. The number of pyridine rings is 1. The van der Waals surface area contributed by atoms with Crippen LogP contribution >= 0.6 is 0 Å². The quantitative estimate of drug-likeness (QED) is 0.746. The first kappa shape index (κ1) is 19.5. The standard InChI is InChI=1S/C23H33N3O2/c1-15-12-18-20(14-21(15)27-11-7-10-26-8-5-6-9-26)25-23(24-4)19-13-16(2)28-17(3)22(18)19/h12,14,16-17H,5-11,13H2,1-4H3,(H,24,25). The third-order valence-electron chi connectivity index (χ3n) is 6.07. The van der Waals surface area contributed by atoms with E-state index in [0.717, 1.165) is 43.1 Å². The van der Waals surface area contributed by atoms with Crippen molar-refractivity contribution >= 4 is 16.7 Å². The molecule has 2 unspecified atom stereocenters. The van der Waals surface area contributed by atoms with Gasteiger partial charge in [-0.3, -0.25) is 0 Å². The summed E-state index contributed by atoms with van der Waals surface area (Å²) in [4.78, 5) is 7.45. The minimum absolute atomic E-state index is 0.0722. The molecule has 5 nitrogen and oxygen atoms in total. The van der Waals surface area contributed by atoms with E-state index in [0.29, 0.717) is 0 Å². The summed E-state index contributed by atoms with van der Waals surface area (Å²) >= 11 is 0. The Labute approximate surface area is 168 Å². The third-order valence-corrected chi connectivity index (χ3v) is 6.07. The van der Waals surface area contributed by atoms with Crippen LogP contribution in [0.3, 0.4) is 0 Å². The Morgan fingerprint density at radius 1 is 1.25 bits per heavy atom. The first-order valence-electron chi connectivity index (χ1n) is 10.7. The molecule has 5 heteroatoms. The van der Waals surface area contributed by atoms with Crippen LogP contribution in [0.25, 0.3) is 10.9 Å². The first-order chi connectivity index (χ1) is 13.6. The number of ether oxygens (including phenoxy) is 2. The van der Waals surface area contributed by atoms with Crippen molar-refractivity contribution in [2.75, 3.05) is 38.6 Å². The van der Waals surface area contributed by atoms with E-state index in [-0.39, 0.29) is 12.2 Å². The van der Waals surface area contributed by atoms with Crippen LogP contribution in [0, 0.1) is 6.92 Å². The van der Waals surface area contributed by atoms with E-state index >= 15 is 0 Å². The SMILES string of the molecule is CNc1nc2cc(OCCCN3CCCC3)c(C)cc2c2c1CC(C)OC2C. The number of rotatable bonds is 6. The Hall–Kier alpha value is -1.85. The summed E-state index contributed by atoms with van der Waals surface area (Å²) in [7, 11) is 1.95. The van der Waals surface area contributed by atoms with Crippen molar-refractivity contribution in [2.24, 2.45) is 0 Å². The van der Waals surface area contributed by atoms with E-state index in [9.17, 15) is 0 Å². The summed E-state index contributed by atoms with van der Waals surface area (Å²) in [5, 5.41) is 4.48. The van der Waals surface area contributed by atoms with Gasteiger partial charge in [-0.05, 0) is 70.3 Å². The Morgan fingerprint density at radius 2 is 2.04 bits per heavy atom. The Morgan fingerprint density at radius 3 is 2.79 bits per heavy atom. The van der Waals surface area contributed by atoms with Gasteiger partial charge in [-0.25, -0.2) is 4.98 Å². The maximum absolute atomic E-state index is 6.15. The predicted octanol–water partition coefficient (Wildman–Crippen LogP) is 4.47. The Balaban J connectivity index is 1.58. The highest BCUT2D eigenvalue weighted by atomic mass is 16.5. The minimum atomic E-state index is 0.0722. The summed E-state index contributed by atoms with van der Waals surface area (Å²) < 4.78 is 12.3. The zero-order valence-electron chi connectivity index (χ0n) is 17.7. The molecule has 1 saturated heterocycles. The molecule has 28 heavy (non-hydrogen) atoms. The van der Waals surface area contributed by atoms with Crippen LogP contribution in [-0.2, 0) is 11.2 Å². The lowest BCUT2D eigenvalue weighted by atomic mass is 9.91. The lowest BCUT2D eigenvalue weighted by Gasteiger charge is -2.31. The molecule has 152 valence electrons. The topological polar surface area (TPSA) is 46.6 Å². The van der Waals surface area contributed by atoms with E-state index in [4.69, 9.17) is 14.5 Å². The molecule has 2 aromatic rings. The van der Waals surface area contributed by atoms with Gasteiger partial charge >= 0.3 is 0 Å². The number of fused-ring (bicyclic) bond motifs is 3. The van der Waals surface area contributed by atoms with Crippen LogP contribution in [0.15, 0.2) is 12.1 Å². The van der Waals surface area contributed by atoms with Gasteiger partial charge in [0.05, 0.1) is 24.3 Å². The Bertz CT molecular complexity index is 846. The highest BCUT2D eigenvalue weighted by Gasteiger charge is 2.27. The molecule has 2 atom stereocenters. The molecular weight excluding hydrogens is 350 g/mol. The third kappa shape index (κ3) is 3.83. The van der Waals surface area contributed by atoms with Crippen LogP contribution in [0.5, 0.6) is 5.75 Å². The number of aryl methyl sites for hydroxylation is 1. The van der Waals surface area contributed by atoms with E-state index in [1.165, 1.54) is 48.0 Å². The van der Waals surface area contributed by atoms with Gasteiger partial charge in [0, 0.05) is 37.0 Å². The summed E-state index contributed by atoms with van der Waals surface area (Å²) in [6, 6.07) is 4.33. The zero-order chi connectivity index (χ0) is 19.7. The van der Waals surface area contributed by atoms with Crippen LogP contribution in [-0.4, -0.2) is 49.3 Å². The smallest absolute Gasteiger partial charge is 0.130 e. The van der Waals surface area contributed by atoms with Crippen molar-refractivity contribution in [1.82, 2.24) is 9.88 Å². The predicted molar refractivity (Wildman–Crippen MR) is 114 cm³/mol. The molecular formula is C23H33N3O2. The highest BCUT2D eigenvalue weighted by Crippen LogP contribution is 2.40. The van der Waals surface area contributed by atoms with Crippen molar-refractivity contribution < 1.29 is 9.47 Å². The van der Waals surface area contributed by atoms with Crippen molar-refractivity contribution in [2.45, 2.75) is 58.7 Å². The van der Waals surface area contributed by atoms with Gasteiger partial charge in [-0.1, -0.05) is 0 Å². The highest BCUT2D eigenvalue weighted by molar-refractivity contribution is 5.88. The molecule has 0 amide bonds. The molecule has 1 fully saturated rings. The molecule has 0 spiro atoms. The molecule has 1 aromatic heterocycles. The number of hydrogen-bond donors (Lipinski definition) is 1. The molecule has 0 saturated carbocycles. The second-order valence-electron chi connectivity index (χ2n) is 8.28. The van der Waals surface area contributed by atoms with Crippen LogP contribution in [0.2, 0.25) is 0 Å². The summed E-state index contributed by atoms with van der Waals surface area (Å²) in [6.07, 6.45) is 4.94.